The van der Waals surface area contributed by atoms with Crippen molar-refractivity contribution in [3.05, 3.63) is 34.9 Å². The summed E-state index contributed by atoms with van der Waals surface area (Å²) in [6, 6.07) is 7.66. The fourth-order valence-electron chi connectivity index (χ4n) is 0.957. The molecule has 0 aromatic heterocycles. The Labute approximate surface area is 87.4 Å². The topological polar surface area (TPSA) is 0 Å². The van der Waals surface area contributed by atoms with Crippen molar-refractivity contribution in [3.63, 3.8) is 0 Å². The van der Waals surface area contributed by atoms with Crippen LogP contribution in [-0.2, 0) is 6.42 Å². The fraction of sp³-hybridized carbons (Fsp3) is 0.333. The molecule has 0 aliphatic rings. The van der Waals surface area contributed by atoms with Gasteiger partial charge in [-0.1, -0.05) is 29.8 Å². The molecule has 0 radical (unpaired) electrons. The molecule has 0 spiro atoms. The Kier molecular flexibility index (Phi) is 4.20. The number of rotatable bonds is 3. The lowest BCUT2D eigenvalue weighted by molar-refractivity contribution is 0.938. The zero-order valence-electron chi connectivity index (χ0n) is 6.43. The van der Waals surface area contributed by atoms with Crippen molar-refractivity contribution in [2.75, 3.05) is 5.88 Å². The number of hydrogen-bond acceptors (Lipinski definition) is 0. The molecule has 0 saturated heterocycles. The van der Waals surface area contributed by atoms with E-state index in [0.29, 0.717) is 5.88 Å². The van der Waals surface area contributed by atoms with E-state index in [1.165, 1.54) is 0 Å². The first-order valence-corrected chi connectivity index (χ1v) is 5.02. The van der Waals surface area contributed by atoms with E-state index < -0.39 is 0 Å². The van der Waals surface area contributed by atoms with Crippen molar-refractivity contribution < 1.29 is 0 Å². The van der Waals surface area contributed by atoms with Crippen molar-refractivity contribution in [1.82, 2.24) is 0 Å². The minimum Gasteiger partial charge on any atom is -0.125 e. The first kappa shape index (κ1) is 10.2. The van der Waals surface area contributed by atoms with Crippen molar-refractivity contribution >= 4 is 34.8 Å². The van der Waals surface area contributed by atoms with Gasteiger partial charge in [-0.3, -0.25) is 0 Å². The highest BCUT2D eigenvalue weighted by Crippen LogP contribution is 2.18. The lowest BCUT2D eigenvalue weighted by Gasteiger charge is -2.06. The number of alkyl halides is 2. The van der Waals surface area contributed by atoms with Crippen LogP contribution >= 0.6 is 34.8 Å². The van der Waals surface area contributed by atoms with Crippen LogP contribution in [0.5, 0.6) is 0 Å². The van der Waals surface area contributed by atoms with Gasteiger partial charge in [-0.25, -0.2) is 0 Å². The Bertz CT molecular complexity index is 247. The van der Waals surface area contributed by atoms with Gasteiger partial charge >= 0.3 is 0 Å². The van der Waals surface area contributed by atoms with E-state index in [1.807, 2.05) is 24.3 Å². The summed E-state index contributed by atoms with van der Waals surface area (Å²) in [5, 5.41) is 0.722. The summed E-state index contributed by atoms with van der Waals surface area (Å²) in [7, 11) is 0. The van der Waals surface area contributed by atoms with Crippen LogP contribution in [0.25, 0.3) is 0 Å². The number of benzene rings is 1. The second kappa shape index (κ2) is 4.96. The van der Waals surface area contributed by atoms with Gasteiger partial charge < -0.3 is 0 Å². The maximum Gasteiger partial charge on any atom is 0.0512 e. The van der Waals surface area contributed by atoms with E-state index in [9.17, 15) is 0 Å². The number of halogens is 3. The van der Waals surface area contributed by atoms with Crippen LogP contribution in [0.15, 0.2) is 24.3 Å². The van der Waals surface area contributed by atoms with E-state index in [4.69, 9.17) is 34.8 Å². The standard InChI is InChI=1S/C9H9Cl3/c10-6-8(11)5-7-3-1-2-4-9(7)12/h1-4,8H,5-6H2. The third-order valence-electron chi connectivity index (χ3n) is 1.57. The van der Waals surface area contributed by atoms with E-state index >= 15 is 0 Å². The summed E-state index contributed by atoms with van der Waals surface area (Å²) in [6.45, 7) is 0. The molecule has 0 saturated carbocycles. The third-order valence-corrected chi connectivity index (χ3v) is 2.77. The van der Waals surface area contributed by atoms with Gasteiger partial charge in [0.05, 0.1) is 5.38 Å². The Morgan fingerprint density at radius 1 is 1.25 bits per heavy atom. The van der Waals surface area contributed by atoms with Crippen molar-refractivity contribution in [2.45, 2.75) is 11.8 Å². The summed E-state index contributed by atoms with van der Waals surface area (Å²) in [5.41, 5.74) is 1.06. The van der Waals surface area contributed by atoms with Crippen LogP contribution in [-0.4, -0.2) is 11.3 Å². The van der Waals surface area contributed by atoms with Gasteiger partial charge in [-0.2, -0.15) is 0 Å². The minimum absolute atomic E-state index is 0.0356. The van der Waals surface area contributed by atoms with E-state index in [-0.39, 0.29) is 5.38 Å². The largest absolute Gasteiger partial charge is 0.125 e. The molecule has 0 fully saturated rings. The molecule has 1 aromatic rings. The molecule has 1 unspecified atom stereocenters. The summed E-state index contributed by atoms with van der Waals surface area (Å²) in [5.74, 6) is 0.451. The second-order valence-corrected chi connectivity index (χ2v) is 3.88. The maximum absolute atomic E-state index is 5.92. The zero-order valence-corrected chi connectivity index (χ0v) is 8.70. The van der Waals surface area contributed by atoms with Crippen molar-refractivity contribution in [2.24, 2.45) is 0 Å². The molecule has 0 heterocycles. The minimum atomic E-state index is -0.0356. The van der Waals surface area contributed by atoms with Crippen molar-refractivity contribution in [1.29, 1.82) is 0 Å². The van der Waals surface area contributed by atoms with E-state index in [2.05, 4.69) is 0 Å². The molecule has 1 aromatic carbocycles. The highest BCUT2D eigenvalue weighted by Gasteiger charge is 2.06. The molecular formula is C9H9Cl3. The summed E-state index contributed by atoms with van der Waals surface area (Å²) in [4.78, 5) is 0. The summed E-state index contributed by atoms with van der Waals surface area (Å²) in [6.07, 6.45) is 0.727. The van der Waals surface area contributed by atoms with Gasteiger partial charge in [-0.05, 0) is 18.1 Å². The smallest absolute Gasteiger partial charge is 0.0512 e. The van der Waals surface area contributed by atoms with Crippen LogP contribution in [0.2, 0.25) is 5.02 Å². The Morgan fingerprint density at radius 2 is 1.92 bits per heavy atom. The molecule has 3 heteroatoms. The van der Waals surface area contributed by atoms with Gasteiger partial charge in [0.25, 0.3) is 0 Å². The fourth-order valence-corrected chi connectivity index (χ4v) is 1.45. The Hall–Kier alpha value is 0.0900. The van der Waals surface area contributed by atoms with Crippen LogP contribution in [0.1, 0.15) is 5.56 Å². The highest BCUT2D eigenvalue weighted by atomic mass is 35.5. The first-order chi connectivity index (χ1) is 5.74. The van der Waals surface area contributed by atoms with Gasteiger partial charge in [0.1, 0.15) is 0 Å². The van der Waals surface area contributed by atoms with E-state index in [1.54, 1.807) is 0 Å². The molecule has 0 N–H and O–H groups in total. The molecule has 12 heavy (non-hydrogen) atoms. The molecule has 1 rings (SSSR count). The van der Waals surface area contributed by atoms with Crippen LogP contribution in [0.3, 0.4) is 0 Å². The lowest BCUT2D eigenvalue weighted by Crippen LogP contribution is -2.04. The molecule has 0 aliphatic heterocycles. The van der Waals surface area contributed by atoms with Gasteiger partial charge in [0.15, 0.2) is 0 Å². The predicted octanol–water partition coefficient (Wildman–Crippen LogP) is 3.73. The maximum atomic E-state index is 5.92. The summed E-state index contributed by atoms with van der Waals surface area (Å²) < 4.78 is 0. The Balaban J connectivity index is 2.69. The molecule has 0 aliphatic carbocycles. The van der Waals surface area contributed by atoms with Gasteiger partial charge in [0, 0.05) is 10.9 Å². The van der Waals surface area contributed by atoms with Gasteiger partial charge in [-0.15, -0.1) is 23.2 Å². The zero-order chi connectivity index (χ0) is 8.97. The summed E-state index contributed by atoms with van der Waals surface area (Å²) >= 11 is 17.4. The lowest BCUT2D eigenvalue weighted by atomic mass is 10.1. The predicted molar refractivity (Wildman–Crippen MR) is 55.5 cm³/mol. The SMILES string of the molecule is ClCC(Cl)Cc1ccccc1Cl. The van der Waals surface area contributed by atoms with Crippen LogP contribution < -0.4 is 0 Å². The quantitative estimate of drug-likeness (QED) is 0.685. The molecule has 0 nitrogen and oxygen atoms in total. The monoisotopic (exact) mass is 222 g/mol. The number of hydrogen-bond donors (Lipinski definition) is 0. The molecule has 0 amide bonds. The van der Waals surface area contributed by atoms with Crippen LogP contribution in [0, 0.1) is 0 Å². The second-order valence-electron chi connectivity index (χ2n) is 2.55. The highest BCUT2D eigenvalue weighted by molar-refractivity contribution is 6.31. The van der Waals surface area contributed by atoms with E-state index in [0.717, 1.165) is 17.0 Å². The Morgan fingerprint density at radius 3 is 2.50 bits per heavy atom. The van der Waals surface area contributed by atoms with Gasteiger partial charge in [0.2, 0.25) is 0 Å². The molecular weight excluding hydrogens is 214 g/mol. The normalized spacial score (nSPS) is 12.9. The molecule has 66 valence electrons. The molecule has 0 bridgehead atoms. The third kappa shape index (κ3) is 2.85. The van der Waals surface area contributed by atoms with Crippen molar-refractivity contribution in [3.8, 4) is 0 Å². The molecule has 1 atom stereocenters. The average Bonchev–Trinajstić information content (AvgIpc) is 2.09. The first-order valence-electron chi connectivity index (χ1n) is 3.67. The van der Waals surface area contributed by atoms with Crippen LogP contribution in [0.4, 0.5) is 0 Å². The average molecular weight is 224 g/mol.